The van der Waals surface area contributed by atoms with Gasteiger partial charge in [0.05, 0.1) is 12.6 Å². The van der Waals surface area contributed by atoms with Crippen LogP contribution in [0.4, 0.5) is 5.69 Å². The fraction of sp³-hybridized carbons (Fsp3) is 0.167. The number of rotatable bonds is 5. The van der Waals surface area contributed by atoms with E-state index in [1.807, 2.05) is 37.3 Å². The van der Waals surface area contributed by atoms with E-state index < -0.39 is 0 Å². The zero-order valence-electron chi connectivity index (χ0n) is 12.7. The Morgan fingerprint density at radius 2 is 2.00 bits per heavy atom. The molecular weight excluding hydrogens is 312 g/mol. The van der Waals surface area contributed by atoms with Gasteiger partial charge in [0.25, 0.3) is 0 Å². The number of nitrogens with one attached hydrogen (secondary N) is 2. The third-order valence-corrected chi connectivity index (χ3v) is 3.78. The average molecular weight is 329 g/mol. The molecule has 3 aromatic rings. The highest BCUT2D eigenvalue weighted by atomic mass is 35.5. The third kappa shape index (κ3) is 3.92. The molecule has 0 bridgehead atoms. The standard InChI is InChI=1S/C18H17ClN2O2/c1-12(17-9-13-5-2-3-8-16(13)23-17)20-11-18(22)21-15-7-4-6-14(19)10-15/h2-10,12,20H,11H2,1H3,(H,21,22). The number of hydrogen-bond acceptors (Lipinski definition) is 3. The molecule has 4 nitrogen and oxygen atoms in total. The number of fused-ring (bicyclic) bond motifs is 1. The highest BCUT2D eigenvalue weighted by Crippen LogP contribution is 2.23. The number of amides is 1. The van der Waals surface area contributed by atoms with Crippen LogP contribution >= 0.6 is 11.6 Å². The van der Waals surface area contributed by atoms with Gasteiger partial charge in [0, 0.05) is 16.1 Å². The van der Waals surface area contributed by atoms with Gasteiger partial charge >= 0.3 is 0 Å². The number of hydrogen-bond donors (Lipinski definition) is 2. The molecule has 1 atom stereocenters. The first-order chi connectivity index (χ1) is 11.1. The molecular formula is C18H17ClN2O2. The lowest BCUT2D eigenvalue weighted by Gasteiger charge is -2.11. The summed E-state index contributed by atoms with van der Waals surface area (Å²) in [4.78, 5) is 12.0. The lowest BCUT2D eigenvalue weighted by atomic mass is 10.2. The van der Waals surface area contributed by atoms with Crippen LogP contribution in [0.2, 0.25) is 5.02 Å². The maximum Gasteiger partial charge on any atom is 0.238 e. The van der Waals surface area contributed by atoms with Crippen LogP contribution in [0.5, 0.6) is 0 Å². The van der Waals surface area contributed by atoms with E-state index >= 15 is 0 Å². The van der Waals surface area contributed by atoms with Gasteiger partial charge in [0.1, 0.15) is 11.3 Å². The molecule has 1 aromatic heterocycles. The van der Waals surface area contributed by atoms with Gasteiger partial charge < -0.3 is 9.73 Å². The van der Waals surface area contributed by atoms with Crippen molar-refractivity contribution >= 4 is 34.2 Å². The molecule has 1 unspecified atom stereocenters. The quantitative estimate of drug-likeness (QED) is 0.731. The second-order valence-corrected chi connectivity index (χ2v) is 5.78. The molecule has 0 spiro atoms. The summed E-state index contributed by atoms with van der Waals surface area (Å²) >= 11 is 5.90. The van der Waals surface area contributed by atoms with Gasteiger partial charge in [-0.3, -0.25) is 10.1 Å². The van der Waals surface area contributed by atoms with E-state index in [1.54, 1.807) is 24.3 Å². The summed E-state index contributed by atoms with van der Waals surface area (Å²) in [5.41, 5.74) is 1.53. The first kappa shape index (κ1) is 15.6. The molecule has 0 radical (unpaired) electrons. The molecule has 118 valence electrons. The number of carbonyl (C=O) groups is 1. The highest BCUT2D eigenvalue weighted by Gasteiger charge is 2.12. The van der Waals surface area contributed by atoms with Gasteiger partial charge in [-0.15, -0.1) is 0 Å². The number of benzene rings is 2. The monoisotopic (exact) mass is 328 g/mol. The second-order valence-electron chi connectivity index (χ2n) is 5.35. The number of anilines is 1. The molecule has 0 saturated carbocycles. The molecule has 5 heteroatoms. The minimum absolute atomic E-state index is 0.0625. The minimum atomic E-state index is -0.129. The zero-order chi connectivity index (χ0) is 16.2. The number of furan rings is 1. The van der Waals surface area contributed by atoms with Crippen molar-refractivity contribution in [3.8, 4) is 0 Å². The smallest absolute Gasteiger partial charge is 0.238 e. The second kappa shape index (κ2) is 6.86. The van der Waals surface area contributed by atoms with Crippen molar-refractivity contribution < 1.29 is 9.21 Å². The van der Waals surface area contributed by atoms with Crippen molar-refractivity contribution in [2.45, 2.75) is 13.0 Å². The Kier molecular flexibility index (Phi) is 4.65. The predicted molar refractivity (Wildman–Crippen MR) is 92.7 cm³/mol. The van der Waals surface area contributed by atoms with Crippen LogP contribution in [0.3, 0.4) is 0 Å². The van der Waals surface area contributed by atoms with E-state index in [1.165, 1.54) is 0 Å². The molecule has 1 amide bonds. The van der Waals surface area contributed by atoms with Crippen LogP contribution in [0.1, 0.15) is 18.7 Å². The summed E-state index contributed by atoms with van der Waals surface area (Å²) in [6.07, 6.45) is 0. The molecule has 0 saturated heterocycles. The normalized spacial score (nSPS) is 12.3. The van der Waals surface area contributed by atoms with Crippen molar-refractivity contribution in [1.82, 2.24) is 5.32 Å². The van der Waals surface area contributed by atoms with E-state index in [2.05, 4.69) is 10.6 Å². The van der Waals surface area contributed by atoms with Crippen LogP contribution in [0, 0.1) is 0 Å². The SMILES string of the molecule is CC(NCC(=O)Nc1cccc(Cl)c1)c1cc2ccccc2o1. The molecule has 3 rings (SSSR count). The molecule has 0 aliphatic heterocycles. The number of para-hydroxylation sites is 1. The van der Waals surface area contributed by atoms with Gasteiger partial charge in [-0.05, 0) is 37.3 Å². The minimum Gasteiger partial charge on any atom is -0.459 e. The lowest BCUT2D eigenvalue weighted by molar-refractivity contribution is -0.115. The van der Waals surface area contributed by atoms with Gasteiger partial charge in [-0.1, -0.05) is 35.9 Å². The Labute approximate surface area is 139 Å². The molecule has 23 heavy (non-hydrogen) atoms. The average Bonchev–Trinajstić information content (AvgIpc) is 2.97. The van der Waals surface area contributed by atoms with Crippen molar-refractivity contribution in [3.63, 3.8) is 0 Å². The molecule has 0 aliphatic carbocycles. The van der Waals surface area contributed by atoms with Crippen LogP contribution in [0.15, 0.2) is 59.0 Å². The maximum atomic E-state index is 12.0. The number of carbonyl (C=O) groups excluding carboxylic acids is 1. The molecule has 2 N–H and O–H groups in total. The summed E-state index contributed by atoms with van der Waals surface area (Å²) in [6, 6.07) is 16.8. The Morgan fingerprint density at radius 1 is 1.17 bits per heavy atom. The van der Waals surface area contributed by atoms with Crippen LogP contribution < -0.4 is 10.6 Å². The van der Waals surface area contributed by atoms with Crippen LogP contribution in [-0.4, -0.2) is 12.5 Å². The largest absolute Gasteiger partial charge is 0.459 e. The van der Waals surface area contributed by atoms with Crippen molar-refractivity contribution in [2.75, 3.05) is 11.9 Å². The van der Waals surface area contributed by atoms with Crippen LogP contribution in [-0.2, 0) is 4.79 Å². The predicted octanol–water partition coefficient (Wildman–Crippen LogP) is 4.38. The van der Waals surface area contributed by atoms with Gasteiger partial charge in [0.15, 0.2) is 0 Å². The van der Waals surface area contributed by atoms with Crippen molar-refractivity contribution in [1.29, 1.82) is 0 Å². The molecule has 2 aromatic carbocycles. The molecule has 1 heterocycles. The first-order valence-electron chi connectivity index (χ1n) is 7.39. The summed E-state index contributed by atoms with van der Waals surface area (Å²) in [7, 11) is 0. The van der Waals surface area contributed by atoms with Gasteiger partial charge in [-0.2, -0.15) is 0 Å². The Hall–Kier alpha value is -2.30. The third-order valence-electron chi connectivity index (χ3n) is 3.55. The summed E-state index contributed by atoms with van der Waals surface area (Å²) in [6.45, 7) is 2.15. The van der Waals surface area contributed by atoms with E-state index in [-0.39, 0.29) is 18.5 Å². The van der Waals surface area contributed by atoms with E-state index in [9.17, 15) is 4.79 Å². The fourth-order valence-corrected chi connectivity index (χ4v) is 2.52. The molecule has 0 fully saturated rings. The first-order valence-corrected chi connectivity index (χ1v) is 7.77. The van der Waals surface area contributed by atoms with Gasteiger partial charge in [0.2, 0.25) is 5.91 Å². The Bertz CT molecular complexity index is 796. The Morgan fingerprint density at radius 3 is 2.78 bits per heavy atom. The summed E-state index contributed by atoms with van der Waals surface area (Å²) in [5.74, 6) is 0.678. The summed E-state index contributed by atoms with van der Waals surface area (Å²) in [5, 5.41) is 7.60. The van der Waals surface area contributed by atoms with Crippen molar-refractivity contribution in [3.05, 3.63) is 65.4 Å². The van der Waals surface area contributed by atoms with E-state index in [4.69, 9.17) is 16.0 Å². The van der Waals surface area contributed by atoms with Crippen LogP contribution in [0.25, 0.3) is 11.0 Å². The Balaban J connectivity index is 1.57. The topological polar surface area (TPSA) is 54.3 Å². The lowest BCUT2D eigenvalue weighted by Crippen LogP contribution is -2.29. The van der Waals surface area contributed by atoms with Crippen molar-refractivity contribution in [2.24, 2.45) is 0 Å². The molecule has 0 aliphatic rings. The van der Waals surface area contributed by atoms with E-state index in [0.717, 1.165) is 16.7 Å². The number of halogens is 1. The summed E-state index contributed by atoms with van der Waals surface area (Å²) < 4.78 is 5.78. The fourth-order valence-electron chi connectivity index (χ4n) is 2.33. The maximum absolute atomic E-state index is 12.0. The van der Waals surface area contributed by atoms with E-state index in [0.29, 0.717) is 10.7 Å². The van der Waals surface area contributed by atoms with Gasteiger partial charge in [-0.25, -0.2) is 0 Å². The zero-order valence-corrected chi connectivity index (χ0v) is 13.4. The highest BCUT2D eigenvalue weighted by molar-refractivity contribution is 6.30.